The fraction of sp³-hybridized carbons (Fsp3) is 0.462. The Bertz CT molecular complexity index is 674. The smallest absolute Gasteiger partial charge is 0.254 e. The molecule has 0 atom stereocenters. The third-order valence-corrected chi connectivity index (χ3v) is 5.40. The summed E-state index contributed by atoms with van der Waals surface area (Å²) in [4.78, 5) is 13.6. The average Bonchev–Trinajstić information content (AvgIpc) is 3.20. The largest absolute Gasteiger partial charge is 0.339 e. The van der Waals surface area contributed by atoms with E-state index in [0.717, 1.165) is 25.0 Å². The molecular weight excluding hydrogens is 363 g/mol. The fourth-order valence-corrected chi connectivity index (χ4v) is 3.59. The second-order valence-electron chi connectivity index (χ2n) is 5.10. The van der Waals surface area contributed by atoms with E-state index in [4.69, 9.17) is 5.14 Å². The third kappa shape index (κ3) is 3.81. The molecule has 0 spiro atoms. The number of rotatable bonds is 5. The highest BCUT2D eigenvalue weighted by molar-refractivity contribution is 9.10. The van der Waals surface area contributed by atoms with E-state index < -0.39 is 20.7 Å². The van der Waals surface area contributed by atoms with Crippen molar-refractivity contribution in [1.82, 2.24) is 4.90 Å². The highest BCUT2D eigenvalue weighted by atomic mass is 79.9. The van der Waals surface area contributed by atoms with Crippen molar-refractivity contribution in [2.45, 2.75) is 24.7 Å². The molecule has 116 valence electrons. The molecule has 1 aromatic carbocycles. The van der Waals surface area contributed by atoms with E-state index in [0.29, 0.717) is 19.0 Å². The lowest BCUT2D eigenvalue weighted by Gasteiger charge is -2.21. The van der Waals surface area contributed by atoms with Crippen molar-refractivity contribution in [2.75, 3.05) is 13.1 Å². The summed E-state index contributed by atoms with van der Waals surface area (Å²) in [5.74, 6) is -0.722. The number of halogens is 2. The molecule has 1 saturated carbocycles. The maximum atomic E-state index is 13.8. The second-order valence-corrected chi connectivity index (χ2v) is 7.43. The first-order chi connectivity index (χ1) is 9.74. The third-order valence-electron chi connectivity index (χ3n) is 3.39. The molecule has 21 heavy (non-hydrogen) atoms. The van der Waals surface area contributed by atoms with Crippen molar-refractivity contribution in [1.29, 1.82) is 0 Å². The lowest BCUT2D eigenvalue weighted by molar-refractivity contribution is 0.0756. The van der Waals surface area contributed by atoms with Crippen LogP contribution in [0, 0.1) is 11.7 Å². The second kappa shape index (κ2) is 6.02. The highest BCUT2D eigenvalue weighted by Crippen LogP contribution is 2.31. The van der Waals surface area contributed by atoms with Crippen LogP contribution in [0.25, 0.3) is 0 Å². The van der Waals surface area contributed by atoms with Crippen molar-refractivity contribution in [3.8, 4) is 0 Å². The molecule has 0 aliphatic heterocycles. The standard InChI is InChI=1S/C13H16BrFN2O3S/c1-2-17(7-8-3-4-8)13(18)9-5-10(15)12(14)11(6-9)21(16,19)20/h5-6,8H,2-4,7H2,1H3,(H2,16,19,20). The zero-order valence-electron chi connectivity index (χ0n) is 11.5. The van der Waals surface area contributed by atoms with Gasteiger partial charge >= 0.3 is 0 Å². The number of carbonyl (C=O) groups excluding carboxylic acids is 1. The van der Waals surface area contributed by atoms with E-state index in [2.05, 4.69) is 15.9 Å². The number of primary sulfonamides is 1. The maximum Gasteiger partial charge on any atom is 0.254 e. The number of sulfonamides is 1. The molecule has 8 heteroatoms. The Morgan fingerprint density at radius 1 is 1.48 bits per heavy atom. The predicted molar refractivity (Wildman–Crippen MR) is 79.8 cm³/mol. The number of hydrogen-bond acceptors (Lipinski definition) is 3. The van der Waals surface area contributed by atoms with E-state index in [1.807, 2.05) is 6.92 Å². The van der Waals surface area contributed by atoms with Crippen LogP contribution in [-0.2, 0) is 10.0 Å². The molecule has 2 rings (SSSR count). The molecule has 1 aliphatic rings. The van der Waals surface area contributed by atoms with Crippen LogP contribution >= 0.6 is 15.9 Å². The highest BCUT2D eigenvalue weighted by Gasteiger charge is 2.28. The van der Waals surface area contributed by atoms with Gasteiger partial charge in [-0.1, -0.05) is 0 Å². The van der Waals surface area contributed by atoms with Gasteiger partial charge < -0.3 is 4.90 Å². The lowest BCUT2D eigenvalue weighted by Crippen LogP contribution is -2.33. The summed E-state index contributed by atoms with van der Waals surface area (Å²) >= 11 is 2.84. The van der Waals surface area contributed by atoms with Crippen LogP contribution in [0.15, 0.2) is 21.5 Å². The Morgan fingerprint density at radius 2 is 2.10 bits per heavy atom. The molecule has 1 aromatic rings. The molecule has 1 fully saturated rings. The van der Waals surface area contributed by atoms with Gasteiger partial charge in [-0.25, -0.2) is 17.9 Å². The zero-order chi connectivity index (χ0) is 15.8. The monoisotopic (exact) mass is 378 g/mol. The number of benzene rings is 1. The first kappa shape index (κ1) is 16.4. The van der Waals surface area contributed by atoms with Crippen LogP contribution in [0.3, 0.4) is 0 Å². The Hall–Kier alpha value is -0.990. The van der Waals surface area contributed by atoms with Crippen LogP contribution in [0.4, 0.5) is 4.39 Å². The van der Waals surface area contributed by atoms with Crippen molar-refractivity contribution < 1.29 is 17.6 Å². The Balaban J connectivity index is 2.38. The summed E-state index contributed by atoms with van der Waals surface area (Å²) in [6.07, 6.45) is 2.17. The number of nitrogens with zero attached hydrogens (tertiary/aromatic N) is 1. The van der Waals surface area contributed by atoms with Gasteiger partial charge in [-0.15, -0.1) is 0 Å². The molecule has 5 nitrogen and oxygen atoms in total. The summed E-state index contributed by atoms with van der Waals surface area (Å²) in [7, 11) is -4.11. The van der Waals surface area contributed by atoms with Gasteiger partial charge in [-0.3, -0.25) is 4.79 Å². The Morgan fingerprint density at radius 3 is 2.57 bits per heavy atom. The number of hydrogen-bond donors (Lipinski definition) is 1. The van der Waals surface area contributed by atoms with E-state index in [9.17, 15) is 17.6 Å². The summed E-state index contributed by atoms with van der Waals surface area (Å²) < 4.78 is 36.5. The molecular formula is C13H16BrFN2O3S. The van der Waals surface area contributed by atoms with Gasteiger partial charge in [0.25, 0.3) is 5.91 Å². The molecule has 0 heterocycles. The van der Waals surface area contributed by atoms with Crippen LogP contribution in [-0.4, -0.2) is 32.3 Å². The molecule has 0 aromatic heterocycles. The summed E-state index contributed by atoms with van der Waals surface area (Å²) in [5.41, 5.74) is -0.0118. The number of amides is 1. The van der Waals surface area contributed by atoms with Gasteiger partial charge in [-0.05, 0) is 53.7 Å². The van der Waals surface area contributed by atoms with Crippen molar-refractivity contribution in [2.24, 2.45) is 11.1 Å². The summed E-state index contributed by atoms with van der Waals surface area (Å²) in [6, 6.07) is 2.14. The van der Waals surface area contributed by atoms with E-state index in [1.165, 1.54) is 0 Å². The van der Waals surface area contributed by atoms with Crippen LogP contribution < -0.4 is 5.14 Å². The molecule has 0 saturated heterocycles. The van der Waals surface area contributed by atoms with Gasteiger partial charge in [0.1, 0.15) is 5.82 Å². The fourth-order valence-electron chi connectivity index (χ4n) is 2.04. The Labute approximate surface area is 131 Å². The first-order valence-corrected chi connectivity index (χ1v) is 8.89. The van der Waals surface area contributed by atoms with Gasteiger partial charge in [-0.2, -0.15) is 0 Å². The average molecular weight is 379 g/mol. The van der Waals surface area contributed by atoms with Gasteiger partial charge in [0.2, 0.25) is 10.0 Å². The maximum absolute atomic E-state index is 13.8. The van der Waals surface area contributed by atoms with Crippen LogP contribution in [0.1, 0.15) is 30.1 Å². The summed E-state index contributed by atoms with van der Waals surface area (Å²) in [6.45, 7) is 2.92. The van der Waals surface area contributed by atoms with Crippen LogP contribution in [0.5, 0.6) is 0 Å². The van der Waals surface area contributed by atoms with Gasteiger partial charge in [0, 0.05) is 18.7 Å². The van der Waals surface area contributed by atoms with E-state index in [1.54, 1.807) is 4.90 Å². The number of carbonyl (C=O) groups is 1. The molecule has 0 unspecified atom stereocenters. The van der Waals surface area contributed by atoms with Crippen LogP contribution in [0.2, 0.25) is 0 Å². The molecule has 1 amide bonds. The van der Waals surface area contributed by atoms with E-state index in [-0.39, 0.29) is 15.9 Å². The molecule has 1 aliphatic carbocycles. The molecule has 0 radical (unpaired) electrons. The Kier molecular flexibility index (Phi) is 4.69. The van der Waals surface area contributed by atoms with Crippen molar-refractivity contribution in [3.63, 3.8) is 0 Å². The predicted octanol–water partition coefficient (Wildman–Crippen LogP) is 2.11. The molecule has 0 bridgehead atoms. The minimum absolute atomic E-state index is 0.0118. The SMILES string of the molecule is CCN(CC1CC1)C(=O)c1cc(F)c(Br)c(S(N)(=O)=O)c1. The topological polar surface area (TPSA) is 80.5 Å². The number of nitrogens with two attached hydrogens (primary N) is 1. The van der Waals surface area contributed by atoms with Gasteiger partial charge in [0.05, 0.1) is 9.37 Å². The molecule has 2 N–H and O–H groups in total. The quantitative estimate of drug-likeness (QED) is 0.851. The summed E-state index contributed by atoms with van der Waals surface area (Å²) in [5, 5.41) is 5.05. The van der Waals surface area contributed by atoms with Crippen molar-refractivity contribution >= 4 is 31.9 Å². The zero-order valence-corrected chi connectivity index (χ0v) is 13.9. The first-order valence-electron chi connectivity index (χ1n) is 6.55. The van der Waals surface area contributed by atoms with Crippen molar-refractivity contribution in [3.05, 3.63) is 28.0 Å². The normalized spacial score (nSPS) is 15.0. The van der Waals surface area contributed by atoms with E-state index >= 15 is 0 Å². The minimum atomic E-state index is -4.11. The van der Waals surface area contributed by atoms with Gasteiger partial charge in [0.15, 0.2) is 0 Å². The minimum Gasteiger partial charge on any atom is -0.339 e. The lowest BCUT2D eigenvalue weighted by atomic mass is 10.2.